The number of nitrogens with zero attached hydrogens (tertiary/aromatic N) is 1. The van der Waals surface area contributed by atoms with Crippen molar-refractivity contribution in [1.82, 2.24) is 10.2 Å². The van der Waals surface area contributed by atoms with Crippen molar-refractivity contribution in [2.45, 2.75) is 33.2 Å². The third-order valence-electron chi connectivity index (χ3n) is 3.22. The molecular formula is C16H25FN2O2. The molecule has 0 saturated carbocycles. The van der Waals surface area contributed by atoms with E-state index >= 15 is 0 Å². The average molecular weight is 296 g/mol. The summed E-state index contributed by atoms with van der Waals surface area (Å²) in [5.74, 6) is 0.433. The van der Waals surface area contributed by atoms with E-state index in [2.05, 4.69) is 19.2 Å². The van der Waals surface area contributed by atoms with Crippen LogP contribution in [0.1, 0.15) is 32.3 Å². The molecular weight excluding hydrogens is 271 g/mol. The number of hydrogen-bond donors (Lipinski definition) is 1. The van der Waals surface area contributed by atoms with Gasteiger partial charge in [0, 0.05) is 20.1 Å². The second kappa shape index (κ2) is 8.49. The normalized spacial score (nSPS) is 10.6. The minimum absolute atomic E-state index is 0.144. The Morgan fingerprint density at radius 2 is 2.14 bits per heavy atom. The zero-order chi connectivity index (χ0) is 15.8. The molecule has 5 heteroatoms. The van der Waals surface area contributed by atoms with E-state index in [0.29, 0.717) is 19.0 Å². The Labute approximate surface area is 126 Å². The lowest BCUT2D eigenvalue weighted by Crippen LogP contribution is -2.37. The summed E-state index contributed by atoms with van der Waals surface area (Å²) in [7, 11) is 3.12. The van der Waals surface area contributed by atoms with Gasteiger partial charge in [-0.25, -0.2) is 9.18 Å². The van der Waals surface area contributed by atoms with Gasteiger partial charge in [0.1, 0.15) is 0 Å². The largest absolute Gasteiger partial charge is 0.494 e. The summed E-state index contributed by atoms with van der Waals surface area (Å²) in [6, 6.07) is 4.57. The Morgan fingerprint density at radius 3 is 2.71 bits per heavy atom. The van der Waals surface area contributed by atoms with Gasteiger partial charge in [0.2, 0.25) is 0 Å². The fourth-order valence-corrected chi connectivity index (χ4v) is 1.99. The van der Waals surface area contributed by atoms with Crippen molar-refractivity contribution in [3.63, 3.8) is 0 Å². The third kappa shape index (κ3) is 6.02. The highest BCUT2D eigenvalue weighted by atomic mass is 19.1. The maximum atomic E-state index is 13.6. The first-order chi connectivity index (χ1) is 9.93. The predicted molar refractivity (Wildman–Crippen MR) is 81.9 cm³/mol. The third-order valence-corrected chi connectivity index (χ3v) is 3.22. The molecule has 0 unspecified atom stereocenters. The van der Waals surface area contributed by atoms with E-state index in [9.17, 15) is 9.18 Å². The average Bonchev–Trinajstić information content (AvgIpc) is 2.43. The Hall–Kier alpha value is -1.78. The zero-order valence-corrected chi connectivity index (χ0v) is 13.3. The van der Waals surface area contributed by atoms with E-state index < -0.39 is 5.82 Å². The van der Waals surface area contributed by atoms with Crippen molar-refractivity contribution < 1.29 is 13.9 Å². The number of methoxy groups -OCH3 is 1. The predicted octanol–water partition coefficient (Wildman–Crippen LogP) is 3.41. The van der Waals surface area contributed by atoms with Crippen LogP contribution < -0.4 is 10.1 Å². The first-order valence-electron chi connectivity index (χ1n) is 7.25. The molecule has 1 aromatic carbocycles. The summed E-state index contributed by atoms with van der Waals surface area (Å²) >= 11 is 0. The van der Waals surface area contributed by atoms with Gasteiger partial charge in [0.05, 0.1) is 7.11 Å². The Bertz CT molecular complexity index is 464. The van der Waals surface area contributed by atoms with Crippen LogP contribution in [0, 0.1) is 11.7 Å². The zero-order valence-electron chi connectivity index (χ0n) is 13.3. The SMILES string of the molecule is COc1ccc(CN(C)C(=O)NCCCC(C)C)cc1F. The van der Waals surface area contributed by atoms with E-state index in [1.807, 2.05) is 0 Å². The van der Waals surface area contributed by atoms with Crippen LogP contribution in [-0.4, -0.2) is 31.6 Å². The molecule has 21 heavy (non-hydrogen) atoms. The van der Waals surface area contributed by atoms with Gasteiger partial charge in [0.15, 0.2) is 11.6 Å². The summed E-state index contributed by atoms with van der Waals surface area (Å²) in [5, 5.41) is 2.86. The van der Waals surface area contributed by atoms with E-state index in [4.69, 9.17) is 4.74 Å². The fourth-order valence-electron chi connectivity index (χ4n) is 1.99. The van der Waals surface area contributed by atoms with Crippen molar-refractivity contribution >= 4 is 6.03 Å². The van der Waals surface area contributed by atoms with Crippen LogP contribution in [-0.2, 0) is 6.54 Å². The van der Waals surface area contributed by atoms with E-state index in [0.717, 1.165) is 18.4 Å². The standard InChI is InChI=1S/C16H25FN2O2/c1-12(2)6-5-9-18-16(20)19(3)11-13-7-8-15(21-4)14(17)10-13/h7-8,10,12H,5-6,9,11H2,1-4H3,(H,18,20). The first kappa shape index (κ1) is 17.3. The molecule has 0 heterocycles. The van der Waals surface area contributed by atoms with Crippen LogP contribution in [0.25, 0.3) is 0 Å². The molecule has 0 aliphatic rings. The van der Waals surface area contributed by atoms with E-state index in [1.165, 1.54) is 18.1 Å². The number of urea groups is 1. The number of rotatable bonds is 7. The van der Waals surface area contributed by atoms with Crippen LogP contribution >= 0.6 is 0 Å². The molecule has 118 valence electrons. The second-order valence-electron chi connectivity index (χ2n) is 5.59. The van der Waals surface area contributed by atoms with Crippen LogP contribution in [0.4, 0.5) is 9.18 Å². The number of halogens is 1. The van der Waals surface area contributed by atoms with Crippen molar-refractivity contribution in [3.8, 4) is 5.75 Å². The Kier molecular flexibility index (Phi) is 6.99. The minimum atomic E-state index is -0.416. The van der Waals surface area contributed by atoms with Crippen molar-refractivity contribution in [2.75, 3.05) is 20.7 Å². The Morgan fingerprint density at radius 1 is 1.43 bits per heavy atom. The molecule has 0 bridgehead atoms. The lowest BCUT2D eigenvalue weighted by Gasteiger charge is -2.18. The van der Waals surface area contributed by atoms with Crippen LogP contribution in [0.2, 0.25) is 0 Å². The van der Waals surface area contributed by atoms with Gasteiger partial charge < -0.3 is 15.0 Å². The molecule has 1 rings (SSSR count). The summed E-state index contributed by atoms with van der Waals surface area (Å²) in [6.45, 7) is 5.34. The van der Waals surface area contributed by atoms with Gasteiger partial charge >= 0.3 is 6.03 Å². The number of hydrogen-bond acceptors (Lipinski definition) is 2. The topological polar surface area (TPSA) is 41.6 Å². The molecule has 0 spiro atoms. The van der Waals surface area contributed by atoms with Gasteiger partial charge in [-0.05, 0) is 36.5 Å². The Balaban J connectivity index is 2.43. The molecule has 0 fully saturated rings. The molecule has 0 radical (unpaired) electrons. The molecule has 0 atom stereocenters. The lowest BCUT2D eigenvalue weighted by molar-refractivity contribution is 0.206. The summed E-state index contributed by atoms with van der Waals surface area (Å²) in [6.07, 6.45) is 2.06. The van der Waals surface area contributed by atoms with E-state index in [1.54, 1.807) is 19.2 Å². The molecule has 0 aliphatic heterocycles. The van der Waals surface area contributed by atoms with Gasteiger partial charge in [-0.3, -0.25) is 0 Å². The molecule has 2 amide bonds. The molecule has 0 saturated heterocycles. The smallest absolute Gasteiger partial charge is 0.317 e. The number of carbonyl (C=O) groups excluding carboxylic acids is 1. The summed E-state index contributed by atoms with van der Waals surface area (Å²) < 4.78 is 18.5. The van der Waals surface area contributed by atoms with Crippen LogP contribution in [0.3, 0.4) is 0 Å². The van der Waals surface area contributed by atoms with Gasteiger partial charge in [-0.15, -0.1) is 0 Å². The maximum absolute atomic E-state index is 13.6. The highest BCUT2D eigenvalue weighted by molar-refractivity contribution is 5.73. The quantitative estimate of drug-likeness (QED) is 0.783. The molecule has 4 nitrogen and oxygen atoms in total. The van der Waals surface area contributed by atoms with Crippen molar-refractivity contribution in [1.29, 1.82) is 0 Å². The minimum Gasteiger partial charge on any atom is -0.494 e. The molecule has 1 N–H and O–H groups in total. The van der Waals surface area contributed by atoms with Crippen molar-refractivity contribution in [2.24, 2.45) is 5.92 Å². The van der Waals surface area contributed by atoms with Crippen molar-refractivity contribution in [3.05, 3.63) is 29.6 Å². The lowest BCUT2D eigenvalue weighted by atomic mass is 10.1. The number of nitrogens with one attached hydrogen (secondary N) is 1. The summed E-state index contributed by atoms with van der Waals surface area (Å²) in [5.41, 5.74) is 0.730. The highest BCUT2D eigenvalue weighted by Crippen LogP contribution is 2.18. The monoisotopic (exact) mass is 296 g/mol. The van der Waals surface area contributed by atoms with Gasteiger partial charge in [-0.1, -0.05) is 19.9 Å². The first-order valence-corrected chi connectivity index (χ1v) is 7.25. The number of amides is 2. The molecule has 0 aliphatic carbocycles. The number of benzene rings is 1. The molecule has 0 aromatic heterocycles. The summed E-state index contributed by atoms with van der Waals surface area (Å²) in [4.78, 5) is 13.4. The van der Waals surface area contributed by atoms with Gasteiger partial charge in [-0.2, -0.15) is 0 Å². The van der Waals surface area contributed by atoms with E-state index in [-0.39, 0.29) is 11.8 Å². The molecule has 1 aromatic rings. The van der Waals surface area contributed by atoms with Gasteiger partial charge in [0.25, 0.3) is 0 Å². The maximum Gasteiger partial charge on any atom is 0.317 e. The van der Waals surface area contributed by atoms with Crippen LogP contribution in [0.15, 0.2) is 18.2 Å². The second-order valence-corrected chi connectivity index (χ2v) is 5.59. The van der Waals surface area contributed by atoms with Crippen LogP contribution in [0.5, 0.6) is 5.75 Å². The number of ether oxygens (including phenoxy) is 1. The fraction of sp³-hybridized carbons (Fsp3) is 0.562. The number of carbonyl (C=O) groups is 1. The highest BCUT2D eigenvalue weighted by Gasteiger charge is 2.10.